The van der Waals surface area contributed by atoms with Crippen LogP contribution in [0.15, 0.2) is 0 Å². The minimum absolute atomic E-state index is 2.45. The predicted octanol–water partition coefficient (Wildman–Crippen LogP) is -3.38. The van der Waals surface area contributed by atoms with Crippen LogP contribution in [-0.4, -0.2) is 62.7 Å². The second-order valence-corrected chi connectivity index (χ2v) is 1.65. The molecular formula is C6H12O6. The van der Waals surface area contributed by atoms with Gasteiger partial charge in [0.15, 0.2) is 5.78 Å². The van der Waals surface area contributed by atoms with E-state index in [9.17, 15) is 15.0 Å². The first-order valence-electron chi connectivity index (χ1n) is 5.72. The standard InChI is InChI=1S/C6H12O6/c7-1-3(9)5(11)6(12)4(10)2-8/h3,5-9,11-12H,1-2H2/t3-,5-,6-/m1/s1/i1D,2D2,3D,5D,6D/t1?,3-,5-,6-. The van der Waals surface area contributed by atoms with Crippen LogP contribution in [0.2, 0.25) is 0 Å². The summed E-state index contributed by atoms with van der Waals surface area (Å²) in [6.07, 6.45) is -12.3. The van der Waals surface area contributed by atoms with Crippen molar-refractivity contribution >= 4 is 5.78 Å². The molecule has 0 amide bonds. The fourth-order valence-electron chi connectivity index (χ4n) is 0.343. The van der Waals surface area contributed by atoms with E-state index in [2.05, 4.69) is 0 Å². The number of Topliss-reactive ketones (excluding diaryl/α,β-unsaturated/α-hetero) is 1. The van der Waals surface area contributed by atoms with Gasteiger partial charge in [-0.1, -0.05) is 0 Å². The van der Waals surface area contributed by atoms with Gasteiger partial charge in [0.1, 0.15) is 24.8 Å². The van der Waals surface area contributed by atoms with E-state index >= 15 is 0 Å². The van der Waals surface area contributed by atoms with Gasteiger partial charge in [-0.15, -0.1) is 0 Å². The van der Waals surface area contributed by atoms with Gasteiger partial charge in [-0.2, -0.15) is 0 Å². The zero-order valence-electron chi connectivity index (χ0n) is 11.7. The number of aliphatic hydroxyl groups is 5. The highest BCUT2D eigenvalue weighted by atomic mass is 16.4. The molecule has 0 radical (unpaired) electrons. The van der Waals surface area contributed by atoms with Crippen molar-refractivity contribution in [3.8, 4) is 0 Å². The molecule has 0 spiro atoms. The Labute approximate surface area is 77.1 Å². The lowest BCUT2D eigenvalue weighted by Crippen LogP contribution is -2.44. The molecule has 0 heterocycles. The molecule has 0 aromatic rings. The van der Waals surface area contributed by atoms with Crippen molar-refractivity contribution < 1.29 is 38.6 Å². The largest absolute Gasteiger partial charge is 0.394 e. The lowest BCUT2D eigenvalue weighted by Gasteiger charge is -2.19. The minimum Gasteiger partial charge on any atom is -0.394 e. The van der Waals surface area contributed by atoms with Gasteiger partial charge < -0.3 is 25.5 Å². The van der Waals surface area contributed by atoms with Gasteiger partial charge in [0.2, 0.25) is 0 Å². The maximum absolute atomic E-state index is 11.1. The highest BCUT2D eigenvalue weighted by Crippen LogP contribution is 2.00. The summed E-state index contributed by atoms with van der Waals surface area (Å²) in [7, 11) is 0. The summed E-state index contributed by atoms with van der Waals surface area (Å²) in [5.41, 5.74) is 0. The molecule has 5 N–H and O–H groups in total. The van der Waals surface area contributed by atoms with Crippen molar-refractivity contribution in [2.75, 3.05) is 13.1 Å². The average Bonchev–Trinajstić information content (AvgIpc) is 2.14. The summed E-state index contributed by atoms with van der Waals surface area (Å²) >= 11 is 0. The quantitative estimate of drug-likeness (QED) is 0.306. The van der Waals surface area contributed by atoms with Crippen molar-refractivity contribution in [3.05, 3.63) is 0 Å². The van der Waals surface area contributed by atoms with Crippen LogP contribution < -0.4 is 0 Å². The maximum atomic E-state index is 11.1. The molecule has 1 unspecified atom stereocenters. The molecule has 0 fully saturated rings. The second kappa shape index (κ2) is 5.18. The molecule has 0 bridgehead atoms. The van der Waals surface area contributed by atoms with Crippen molar-refractivity contribution in [2.45, 2.75) is 18.2 Å². The van der Waals surface area contributed by atoms with Crippen LogP contribution >= 0.6 is 0 Å². The van der Waals surface area contributed by atoms with Crippen LogP contribution in [0.25, 0.3) is 0 Å². The van der Waals surface area contributed by atoms with Gasteiger partial charge in [-0.3, -0.25) is 4.79 Å². The van der Waals surface area contributed by atoms with Gasteiger partial charge in [0.05, 0.1) is 14.8 Å². The molecule has 4 atom stereocenters. The Morgan fingerprint density at radius 2 is 1.92 bits per heavy atom. The van der Waals surface area contributed by atoms with Crippen LogP contribution in [0.1, 0.15) is 8.22 Å². The molecule has 0 aromatic carbocycles. The Balaban J connectivity index is 5.68. The van der Waals surface area contributed by atoms with E-state index in [0.717, 1.165) is 0 Å². The first-order valence-corrected chi connectivity index (χ1v) is 2.65. The predicted molar refractivity (Wildman–Crippen MR) is 37.2 cm³/mol. The fraction of sp³-hybridized carbons (Fsp3) is 0.833. The Morgan fingerprint density at radius 1 is 1.42 bits per heavy atom. The Bertz CT molecular complexity index is 334. The lowest BCUT2D eigenvalue weighted by molar-refractivity contribution is -0.142. The van der Waals surface area contributed by atoms with Crippen molar-refractivity contribution in [1.29, 1.82) is 0 Å². The Hall–Kier alpha value is -0.530. The number of ketones is 1. The van der Waals surface area contributed by atoms with Crippen molar-refractivity contribution in [1.82, 2.24) is 0 Å². The molecule has 6 nitrogen and oxygen atoms in total. The third-order valence-corrected chi connectivity index (χ3v) is 0.906. The van der Waals surface area contributed by atoms with Gasteiger partial charge in [0, 0.05) is 0 Å². The van der Waals surface area contributed by atoms with Gasteiger partial charge in [-0.05, 0) is 0 Å². The third-order valence-electron chi connectivity index (χ3n) is 0.906. The summed E-state index contributed by atoms with van der Waals surface area (Å²) in [4.78, 5) is 11.1. The number of hydrogen-bond acceptors (Lipinski definition) is 6. The molecule has 0 rings (SSSR count). The smallest absolute Gasteiger partial charge is 0.189 e. The normalized spacial score (nSPS) is 37.4. The van der Waals surface area contributed by atoms with Crippen LogP contribution in [-0.2, 0) is 4.79 Å². The monoisotopic (exact) mass is 186 g/mol. The number of carbonyl (C=O) groups excluding carboxylic acids is 1. The number of hydrogen-bond donors (Lipinski definition) is 5. The first-order chi connectivity index (χ1) is 7.60. The molecule has 0 aliphatic rings. The van der Waals surface area contributed by atoms with E-state index in [1.165, 1.54) is 0 Å². The van der Waals surface area contributed by atoms with E-state index in [-0.39, 0.29) is 0 Å². The summed E-state index contributed by atoms with van der Waals surface area (Å²) in [5.74, 6) is -2.45. The lowest BCUT2D eigenvalue weighted by atomic mass is 10.1. The summed E-state index contributed by atoms with van der Waals surface area (Å²) in [5, 5.41) is 44.9. The molecule has 0 saturated heterocycles. The Morgan fingerprint density at radius 3 is 2.25 bits per heavy atom. The van der Waals surface area contributed by atoms with Crippen molar-refractivity contribution in [3.63, 3.8) is 0 Å². The van der Waals surface area contributed by atoms with Gasteiger partial charge in [0.25, 0.3) is 0 Å². The van der Waals surface area contributed by atoms with E-state index in [1.807, 2.05) is 0 Å². The van der Waals surface area contributed by atoms with Gasteiger partial charge in [-0.25, -0.2) is 0 Å². The molecule has 12 heavy (non-hydrogen) atoms. The molecule has 0 aliphatic carbocycles. The summed E-state index contributed by atoms with van der Waals surface area (Å²) in [6, 6.07) is 0. The highest BCUT2D eigenvalue weighted by molar-refractivity contribution is 5.84. The SMILES string of the molecule is [2H]C(O)[C@@]([2H])(O)[C@@]([2H])(O)[C@]([2H])(O)C(=O)C([2H])([2H])O. The van der Waals surface area contributed by atoms with E-state index < -0.39 is 37.2 Å². The van der Waals surface area contributed by atoms with Gasteiger partial charge >= 0.3 is 0 Å². The zero-order valence-corrected chi connectivity index (χ0v) is 5.72. The molecular weight excluding hydrogens is 168 g/mol. The van der Waals surface area contributed by atoms with E-state index in [0.29, 0.717) is 0 Å². The number of rotatable bonds is 5. The average molecular weight is 186 g/mol. The molecule has 0 aromatic heterocycles. The first kappa shape index (κ1) is 4.64. The zero-order chi connectivity index (χ0) is 15.2. The fourth-order valence-corrected chi connectivity index (χ4v) is 0.343. The number of carbonyl (C=O) groups is 1. The molecule has 0 aliphatic heterocycles. The van der Waals surface area contributed by atoms with Crippen LogP contribution in [0.4, 0.5) is 0 Å². The second-order valence-electron chi connectivity index (χ2n) is 1.65. The minimum atomic E-state index is -4.20. The summed E-state index contributed by atoms with van der Waals surface area (Å²) < 4.78 is 40.4. The number of aliphatic hydroxyl groups excluding tert-OH is 1. The van der Waals surface area contributed by atoms with Crippen molar-refractivity contribution in [2.24, 2.45) is 0 Å². The molecule has 6 heteroatoms. The Kier molecular flexibility index (Phi) is 2.00. The van der Waals surface area contributed by atoms with Crippen LogP contribution in [0, 0.1) is 0 Å². The van der Waals surface area contributed by atoms with Crippen LogP contribution in [0.3, 0.4) is 0 Å². The van der Waals surface area contributed by atoms with E-state index in [4.69, 9.17) is 23.5 Å². The van der Waals surface area contributed by atoms with Crippen LogP contribution in [0.5, 0.6) is 0 Å². The molecule has 0 saturated carbocycles. The highest BCUT2D eigenvalue weighted by Gasteiger charge is 2.28. The third kappa shape index (κ3) is 2.84. The topological polar surface area (TPSA) is 118 Å². The summed E-state index contributed by atoms with van der Waals surface area (Å²) in [6.45, 7) is -6.75. The maximum Gasteiger partial charge on any atom is 0.189 e. The van der Waals surface area contributed by atoms with E-state index in [1.54, 1.807) is 0 Å². The molecule has 72 valence electrons.